The molecule has 0 amide bonds. The van der Waals surface area contributed by atoms with Gasteiger partial charge in [-0.05, 0) is 0 Å². The third-order valence-corrected chi connectivity index (χ3v) is 24.0. The van der Waals surface area contributed by atoms with Gasteiger partial charge in [-0.3, -0.25) is 0 Å². The first-order valence-electron chi connectivity index (χ1n) is 12.5. The number of unbranched alkanes of at least 4 members (excludes halogenated alkanes) is 3. The Balaban J connectivity index is 5.15. The summed E-state index contributed by atoms with van der Waals surface area (Å²) in [5.74, 6) is 0.758. The van der Waals surface area contributed by atoms with Crippen LogP contribution in [-0.4, -0.2) is 37.2 Å². The Morgan fingerprint density at radius 3 is 1.71 bits per heavy atom. The molecule has 1 atom stereocenters. The molecular formula is C25H54OSiSn. The van der Waals surface area contributed by atoms with Crippen LogP contribution in [0, 0.1) is 5.92 Å². The van der Waals surface area contributed by atoms with Crippen LogP contribution in [0.5, 0.6) is 0 Å². The predicted octanol–water partition coefficient (Wildman–Crippen LogP) is 9.09. The van der Waals surface area contributed by atoms with E-state index >= 15 is 0 Å². The zero-order valence-electron chi connectivity index (χ0n) is 20.9. The Morgan fingerprint density at radius 2 is 1.32 bits per heavy atom. The Bertz CT molecular complexity index is 365. The molecule has 0 aliphatic carbocycles. The summed E-state index contributed by atoms with van der Waals surface area (Å²) in [5.41, 5.74) is 0. The van der Waals surface area contributed by atoms with Gasteiger partial charge in [0.1, 0.15) is 0 Å². The van der Waals surface area contributed by atoms with Crippen LogP contribution >= 0.6 is 0 Å². The molecule has 0 saturated heterocycles. The first-order chi connectivity index (χ1) is 13.2. The van der Waals surface area contributed by atoms with E-state index < -0.39 is 26.5 Å². The van der Waals surface area contributed by atoms with Gasteiger partial charge in [0.25, 0.3) is 0 Å². The molecule has 28 heavy (non-hydrogen) atoms. The number of hydrogen-bond donors (Lipinski definition) is 0. The molecule has 0 aliphatic heterocycles. The summed E-state index contributed by atoms with van der Waals surface area (Å²) in [6.45, 7) is 20.2. The van der Waals surface area contributed by atoms with Crippen LogP contribution in [0.2, 0.25) is 39.0 Å². The van der Waals surface area contributed by atoms with Gasteiger partial charge in [0.05, 0.1) is 0 Å². The fourth-order valence-corrected chi connectivity index (χ4v) is 23.1. The Morgan fingerprint density at radius 1 is 0.821 bits per heavy atom. The Kier molecular flexibility index (Phi) is 16.8. The van der Waals surface area contributed by atoms with E-state index in [1.165, 1.54) is 51.0 Å². The molecule has 168 valence electrons. The molecule has 0 heterocycles. The zero-order chi connectivity index (χ0) is 21.5. The second kappa shape index (κ2) is 16.4. The molecule has 0 N–H and O–H groups in total. The fraction of sp³-hybridized carbons (Fsp3) is 0.920. The minimum atomic E-state index is -2.30. The monoisotopic (exact) mass is 518 g/mol. The maximum absolute atomic E-state index is 6.80. The third-order valence-electron chi connectivity index (χ3n) is 5.95. The van der Waals surface area contributed by atoms with Crippen LogP contribution in [-0.2, 0) is 4.74 Å². The molecule has 0 saturated carbocycles. The van der Waals surface area contributed by atoms with E-state index in [0.29, 0.717) is 4.12 Å². The quantitative estimate of drug-likeness (QED) is 0.100. The Labute approximate surface area is 184 Å². The summed E-state index contributed by atoms with van der Waals surface area (Å²) in [4.78, 5) is 0. The van der Waals surface area contributed by atoms with Crippen LogP contribution in [0.3, 0.4) is 0 Å². The van der Waals surface area contributed by atoms with Crippen LogP contribution in [0.4, 0.5) is 0 Å². The van der Waals surface area contributed by atoms with E-state index in [4.69, 9.17) is 4.74 Å². The summed E-state index contributed by atoms with van der Waals surface area (Å²) >= 11 is -2.30. The molecule has 0 spiro atoms. The molecule has 0 aromatic rings. The van der Waals surface area contributed by atoms with Crippen molar-refractivity contribution in [2.75, 3.05) is 6.61 Å². The normalized spacial score (nSPS) is 14.3. The van der Waals surface area contributed by atoms with Gasteiger partial charge >= 0.3 is 185 Å². The second-order valence-electron chi connectivity index (χ2n) is 10.7. The summed E-state index contributed by atoms with van der Waals surface area (Å²) in [5, 5.41) is 0. The van der Waals surface area contributed by atoms with Crippen molar-refractivity contribution >= 4 is 26.5 Å². The average molecular weight is 518 g/mol. The van der Waals surface area contributed by atoms with Gasteiger partial charge in [0.15, 0.2) is 0 Å². The van der Waals surface area contributed by atoms with Gasteiger partial charge in [-0.2, -0.15) is 0 Å². The molecule has 0 fully saturated rings. The molecule has 0 aromatic heterocycles. The molecule has 0 bridgehead atoms. The molecular weight excluding hydrogens is 463 g/mol. The number of hydrogen-bond acceptors (Lipinski definition) is 1. The summed E-state index contributed by atoms with van der Waals surface area (Å²) in [7, 11) is -0.953. The van der Waals surface area contributed by atoms with Gasteiger partial charge in [-0.25, -0.2) is 0 Å². The fourth-order valence-electron chi connectivity index (χ4n) is 4.20. The van der Waals surface area contributed by atoms with Crippen LogP contribution in [0.25, 0.3) is 0 Å². The van der Waals surface area contributed by atoms with Gasteiger partial charge in [0, 0.05) is 0 Å². The van der Waals surface area contributed by atoms with Crippen molar-refractivity contribution in [3.8, 4) is 0 Å². The van der Waals surface area contributed by atoms with Crippen LogP contribution in [0.15, 0.2) is 12.2 Å². The standard InChI is InChI=1S/C13H27OSi.3C4H9.Sn/c1-13(2)9-11-14-10-7-6-8-12-15(3,4)5;3*1-3-4-2;/h6,8,11,13H,7,9-10,12H2,1-5H3;3*1,3-4H2,2H3;/b8-6-;;;;. The first-order valence-corrected chi connectivity index (χ1v) is 23.9. The van der Waals surface area contributed by atoms with Crippen molar-refractivity contribution < 1.29 is 4.74 Å². The van der Waals surface area contributed by atoms with Gasteiger partial charge in [0.2, 0.25) is 0 Å². The van der Waals surface area contributed by atoms with E-state index in [2.05, 4.69) is 66.4 Å². The molecule has 0 radical (unpaired) electrons. The maximum atomic E-state index is 6.80. The number of ether oxygens (including phenoxy) is 1. The van der Waals surface area contributed by atoms with Crippen LogP contribution in [0.1, 0.15) is 86.0 Å². The average Bonchev–Trinajstić information content (AvgIpc) is 2.62. The van der Waals surface area contributed by atoms with Crippen molar-refractivity contribution in [3.63, 3.8) is 0 Å². The van der Waals surface area contributed by atoms with E-state index in [0.717, 1.165) is 18.9 Å². The van der Waals surface area contributed by atoms with Crippen molar-refractivity contribution in [3.05, 3.63) is 12.2 Å². The summed E-state index contributed by atoms with van der Waals surface area (Å²) < 4.78 is 12.1. The number of allylic oxidation sites excluding steroid dienone is 1. The van der Waals surface area contributed by atoms with Gasteiger partial charge in [-0.1, -0.05) is 0 Å². The SMILES string of the molecule is CCC[CH2][Sn]([CH2]CCC)([CH2]CCC)[CH](CC(C)C)OCC/C=C\C[Si](C)(C)C. The van der Waals surface area contributed by atoms with E-state index in [1.54, 1.807) is 13.3 Å². The van der Waals surface area contributed by atoms with Crippen LogP contribution < -0.4 is 0 Å². The van der Waals surface area contributed by atoms with E-state index in [9.17, 15) is 0 Å². The molecule has 3 heteroatoms. The molecule has 1 unspecified atom stereocenters. The van der Waals surface area contributed by atoms with E-state index in [1.807, 2.05) is 0 Å². The van der Waals surface area contributed by atoms with Crippen molar-refractivity contribution in [2.45, 2.75) is 129 Å². The van der Waals surface area contributed by atoms with Crippen molar-refractivity contribution in [1.29, 1.82) is 0 Å². The Hall–Kier alpha value is 0.716. The topological polar surface area (TPSA) is 9.23 Å². The predicted molar refractivity (Wildman–Crippen MR) is 136 cm³/mol. The molecule has 0 rings (SSSR count). The molecule has 1 nitrogen and oxygen atoms in total. The first kappa shape index (κ1) is 28.7. The summed E-state index contributed by atoms with van der Waals surface area (Å²) in [6, 6.07) is 1.30. The van der Waals surface area contributed by atoms with Crippen molar-refractivity contribution in [1.82, 2.24) is 0 Å². The van der Waals surface area contributed by atoms with Gasteiger partial charge < -0.3 is 0 Å². The van der Waals surface area contributed by atoms with Gasteiger partial charge in [-0.15, -0.1) is 0 Å². The summed E-state index contributed by atoms with van der Waals surface area (Å²) in [6.07, 6.45) is 15.6. The van der Waals surface area contributed by atoms with E-state index in [-0.39, 0.29) is 0 Å². The molecule has 0 aromatic carbocycles. The number of rotatable bonds is 18. The minimum absolute atomic E-state index is 0.643. The second-order valence-corrected chi connectivity index (χ2v) is 30.1. The zero-order valence-corrected chi connectivity index (χ0v) is 24.8. The van der Waals surface area contributed by atoms with Crippen molar-refractivity contribution in [2.24, 2.45) is 5.92 Å². The molecule has 0 aliphatic rings. The third kappa shape index (κ3) is 13.8.